The number of rotatable bonds is 4. The Morgan fingerprint density at radius 3 is 2.55 bits per heavy atom. The van der Waals surface area contributed by atoms with E-state index in [4.69, 9.17) is 9.47 Å². The average Bonchev–Trinajstić information content (AvgIpc) is 2.90. The number of pyridine rings is 1. The van der Waals surface area contributed by atoms with Gasteiger partial charge in [0.05, 0.1) is 14.2 Å². The number of aromatic amines is 1. The van der Waals surface area contributed by atoms with Gasteiger partial charge >= 0.3 is 0 Å². The van der Waals surface area contributed by atoms with Gasteiger partial charge in [0.1, 0.15) is 17.1 Å². The van der Waals surface area contributed by atoms with Crippen molar-refractivity contribution in [2.75, 3.05) is 14.2 Å². The van der Waals surface area contributed by atoms with E-state index in [-0.39, 0.29) is 0 Å². The summed E-state index contributed by atoms with van der Waals surface area (Å²) in [5.41, 5.74) is 0.893. The van der Waals surface area contributed by atoms with Crippen LogP contribution in [0.3, 0.4) is 0 Å². The van der Waals surface area contributed by atoms with Crippen LogP contribution in [-0.4, -0.2) is 24.2 Å². The number of fused-ring (bicyclic) bond motifs is 1. The lowest BCUT2D eigenvalue weighted by Crippen LogP contribution is -1.87. The quantitative estimate of drug-likeness (QED) is 0.794. The fourth-order valence-electron chi connectivity index (χ4n) is 1.98. The highest BCUT2D eigenvalue weighted by Gasteiger charge is 2.08. The van der Waals surface area contributed by atoms with Crippen molar-refractivity contribution in [2.24, 2.45) is 0 Å². The maximum atomic E-state index is 5.29. The van der Waals surface area contributed by atoms with Crippen molar-refractivity contribution in [3.8, 4) is 11.5 Å². The number of H-pyrrole nitrogens is 1. The standard InChI is InChI=1S/C15H14N2O2S/c1-18-10-6-11(19-2)8-12(7-10)20-14-9-17-15-13(14)4-3-5-16-15/h3-9H,1-2H3,(H,16,17). The topological polar surface area (TPSA) is 47.1 Å². The number of benzene rings is 1. The third-order valence-corrected chi connectivity index (χ3v) is 4.00. The molecule has 0 fully saturated rings. The van der Waals surface area contributed by atoms with Crippen LogP contribution in [0.4, 0.5) is 0 Å². The lowest BCUT2D eigenvalue weighted by molar-refractivity contribution is 0.392. The first-order valence-corrected chi connectivity index (χ1v) is 6.95. The Hall–Kier alpha value is -2.14. The molecule has 1 N–H and O–H groups in total. The molecule has 0 unspecified atom stereocenters. The highest BCUT2D eigenvalue weighted by Crippen LogP contribution is 2.36. The molecule has 1 aromatic carbocycles. The van der Waals surface area contributed by atoms with Crippen LogP contribution in [0.5, 0.6) is 11.5 Å². The van der Waals surface area contributed by atoms with Gasteiger partial charge in [0.15, 0.2) is 0 Å². The molecule has 0 aliphatic heterocycles. The minimum Gasteiger partial charge on any atom is -0.497 e. The normalized spacial score (nSPS) is 10.7. The summed E-state index contributed by atoms with van der Waals surface area (Å²) in [5.74, 6) is 1.56. The minimum atomic E-state index is 0.782. The maximum absolute atomic E-state index is 5.29. The van der Waals surface area contributed by atoms with Crippen molar-refractivity contribution in [3.63, 3.8) is 0 Å². The fraction of sp³-hybridized carbons (Fsp3) is 0.133. The smallest absolute Gasteiger partial charge is 0.138 e. The van der Waals surface area contributed by atoms with Crippen LogP contribution in [0.15, 0.2) is 52.5 Å². The fourth-order valence-corrected chi connectivity index (χ4v) is 2.98. The van der Waals surface area contributed by atoms with Crippen LogP contribution >= 0.6 is 11.8 Å². The van der Waals surface area contributed by atoms with E-state index in [0.717, 1.165) is 32.3 Å². The molecule has 0 amide bonds. The van der Waals surface area contributed by atoms with Crippen LogP contribution in [0.2, 0.25) is 0 Å². The summed E-state index contributed by atoms with van der Waals surface area (Å²) in [4.78, 5) is 9.65. The van der Waals surface area contributed by atoms with Crippen molar-refractivity contribution >= 4 is 22.8 Å². The summed E-state index contributed by atoms with van der Waals surface area (Å²) >= 11 is 1.65. The van der Waals surface area contributed by atoms with Crippen LogP contribution in [0.25, 0.3) is 11.0 Å². The SMILES string of the molecule is COc1cc(OC)cc(Sc2c[nH]c3ncccc23)c1. The van der Waals surface area contributed by atoms with Crippen molar-refractivity contribution < 1.29 is 9.47 Å². The van der Waals surface area contributed by atoms with Gasteiger partial charge in [0.25, 0.3) is 0 Å². The molecule has 20 heavy (non-hydrogen) atoms. The molecule has 102 valence electrons. The van der Waals surface area contributed by atoms with Crippen LogP contribution < -0.4 is 9.47 Å². The van der Waals surface area contributed by atoms with Crippen molar-refractivity contribution in [2.45, 2.75) is 9.79 Å². The molecule has 3 aromatic rings. The molecule has 0 atom stereocenters. The predicted octanol–water partition coefficient (Wildman–Crippen LogP) is 3.73. The number of hydrogen-bond acceptors (Lipinski definition) is 4. The summed E-state index contributed by atoms with van der Waals surface area (Å²) in [6, 6.07) is 9.83. The number of nitrogens with zero attached hydrogens (tertiary/aromatic N) is 1. The number of methoxy groups -OCH3 is 2. The van der Waals surface area contributed by atoms with Gasteiger partial charge in [-0.25, -0.2) is 4.98 Å². The van der Waals surface area contributed by atoms with Crippen LogP contribution in [-0.2, 0) is 0 Å². The molecule has 0 aliphatic rings. The maximum Gasteiger partial charge on any atom is 0.138 e. The average molecular weight is 286 g/mol. The van der Waals surface area contributed by atoms with E-state index in [9.17, 15) is 0 Å². The molecule has 2 aromatic heterocycles. The summed E-state index contributed by atoms with van der Waals surface area (Å²) in [5, 5.41) is 1.11. The summed E-state index contributed by atoms with van der Waals surface area (Å²) < 4.78 is 10.6. The van der Waals surface area contributed by atoms with E-state index in [1.54, 1.807) is 32.2 Å². The molecule has 0 saturated carbocycles. The lowest BCUT2D eigenvalue weighted by Gasteiger charge is -2.07. The van der Waals surface area contributed by atoms with Crippen LogP contribution in [0.1, 0.15) is 0 Å². The van der Waals surface area contributed by atoms with E-state index in [2.05, 4.69) is 16.0 Å². The van der Waals surface area contributed by atoms with Gasteiger partial charge in [-0.2, -0.15) is 0 Å². The number of hydrogen-bond donors (Lipinski definition) is 1. The van der Waals surface area contributed by atoms with E-state index < -0.39 is 0 Å². The third-order valence-electron chi connectivity index (χ3n) is 2.97. The van der Waals surface area contributed by atoms with Gasteiger partial charge < -0.3 is 14.5 Å². The Balaban J connectivity index is 1.98. The largest absolute Gasteiger partial charge is 0.497 e. The Morgan fingerprint density at radius 2 is 1.85 bits per heavy atom. The number of aromatic nitrogens is 2. The minimum absolute atomic E-state index is 0.782. The first-order chi connectivity index (χ1) is 9.80. The van der Waals surface area contributed by atoms with E-state index in [0.29, 0.717) is 0 Å². The van der Waals surface area contributed by atoms with Gasteiger partial charge in [0.2, 0.25) is 0 Å². The Labute approximate surface area is 121 Å². The molecule has 2 heterocycles. The molecule has 4 nitrogen and oxygen atoms in total. The molecule has 5 heteroatoms. The first-order valence-electron chi connectivity index (χ1n) is 6.13. The Morgan fingerprint density at radius 1 is 1.10 bits per heavy atom. The molecule has 3 rings (SSSR count). The molecule has 0 bridgehead atoms. The predicted molar refractivity (Wildman–Crippen MR) is 79.8 cm³/mol. The zero-order valence-electron chi connectivity index (χ0n) is 11.2. The Bertz CT molecular complexity index is 717. The van der Waals surface area contributed by atoms with Gasteiger partial charge in [-0.15, -0.1) is 0 Å². The third kappa shape index (κ3) is 2.44. The van der Waals surface area contributed by atoms with Gasteiger partial charge in [-0.1, -0.05) is 11.8 Å². The van der Waals surface area contributed by atoms with Crippen molar-refractivity contribution in [1.29, 1.82) is 0 Å². The van der Waals surface area contributed by atoms with E-state index >= 15 is 0 Å². The number of ether oxygens (including phenoxy) is 2. The molecule has 0 radical (unpaired) electrons. The second kappa shape index (κ2) is 5.46. The highest BCUT2D eigenvalue weighted by atomic mass is 32.2. The monoisotopic (exact) mass is 286 g/mol. The van der Waals surface area contributed by atoms with Gasteiger partial charge in [0, 0.05) is 33.6 Å². The summed E-state index contributed by atoms with van der Waals surface area (Å²) in [6.45, 7) is 0. The molecular formula is C15H14N2O2S. The first kappa shape index (κ1) is 12.9. The Kier molecular flexibility index (Phi) is 3.52. The lowest BCUT2D eigenvalue weighted by atomic mass is 10.3. The van der Waals surface area contributed by atoms with E-state index in [1.807, 2.05) is 30.5 Å². The summed E-state index contributed by atoms with van der Waals surface area (Å²) in [6.07, 6.45) is 3.75. The molecule has 0 aliphatic carbocycles. The van der Waals surface area contributed by atoms with E-state index in [1.165, 1.54) is 0 Å². The van der Waals surface area contributed by atoms with Crippen LogP contribution in [0, 0.1) is 0 Å². The van der Waals surface area contributed by atoms with Gasteiger partial charge in [-0.05, 0) is 24.3 Å². The molecular weight excluding hydrogens is 272 g/mol. The second-order valence-corrected chi connectivity index (χ2v) is 5.32. The van der Waals surface area contributed by atoms with Crippen molar-refractivity contribution in [1.82, 2.24) is 9.97 Å². The van der Waals surface area contributed by atoms with Gasteiger partial charge in [-0.3, -0.25) is 0 Å². The highest BCUT2D eigenvalue weighted by molar-refractivity contribution is 7.99. The van der Waals surface area contributed by atoms with Crippen molar-refractivity contribution in [3.05, 3.63) is 42.7 Å². The summed E-state index contributed by atoms with van der Waals surface area (Å²) in [7, 11) is 3.30. The molecule has 0 saturated heterocycles. The zero-order chi connectivity index (χ0) is 13.9. The second-order valence-electron chi connectivity index (χ2n) is 4.20. The zero-order valence-corrected chi connectivity index (χ0v) is 12.0. The molecule has 0 spiro atoms. The number of nitrogens with one attached hydrogen (secondary N) is 1.